The Morgan fingerprint density at radius 2 is 2.10 bits per heavy atom. The minimum absolute atomic E-state index is 0.0269. The van der Waals surface area contributed by atoms with Crippen LogP contribution in [0.25, 0.3) is 0 Å². The molecule has 0 saturated carbocycles. The highest BCUT2D eigenvalue weighted by Crippen LogP contribution is 2.21. The summed E-state index contributed by atoms with van der Waals surface area (Å²) in [5.74, 6) is -0.00924. The number of ether oxygens (including phenoxy) is 2. The second kappa shape index (κ2) is 6.99. The van der Waals surface area contributed by atoms with Gasteiger partial charge in [0, 0.05) is 12.1 Å². The lowest BCUT2D eigenvalue weighted by atomic mass is 10.2. The molecule has 0 fully saturated rings. The highest BCUT2D eigenvalue weighted by atomic mass is 19.4. The van der Waals surface area contributed by atoms with Crippen LogP contribution in [0.3, 0.4) is 0 Å². The van der Waals surface area contributed by atoms with Crippen molar-refractivity contribution < 1.29 is 27.4 Å². The Morgan fingerprint density at radius 3 is 2.65 bits per heavy atom. The van der Waals surface area contributed by atoms with E-state index >= 15 is 0 Å². The smallest absolute Gasteiger partial charge is 0.411 e. The number of methoxy groups -OCH3 is 1. The van der Waals surface area contributed by atoms with Crippen molar-refractivity contribution in [1.29, 1.82) is 0 Å². The van der Waals surface area contributed by atoms with Gasteiger partial charge in [-0.2, -0.15) is 13.2 Å². The first-order valence-electron chi connectivity index (χ1n) is 5.69. The average Bonchev–Trinajstić information content (AvgIpc) is 2.36. The predicted molar refractivity (Wildman–Crippen MR) is 66.6 cm³/mol. The number of nitrogen functional groups attached to an aromatic ring is 1. The predicted octanol–water partition coefficient (Wildman–Crippen LogP) is 1.59. The number of nitrogens with one attached hydrogen (secondary N) is 1. The molecule has 0 unspecified atom stereocenters. The van der Waals surface area contributed by atoms with Gasteiger partial charge >= 0.3 is 6.18 Å². The maximum absolute atomic E-state index is 11.8. The molecule has 0 heterocycles. The Kier molecular flexibility index (Phi) is 5.63. The van der Waals surface area contributed by atoms with Crippen molar-refractivity contribution >= 4 is 11.6 Å². The van der Waals surface area contributed by atoms with E-state index in [4.69, 9.17) is 10.5 Å². The summed E-state index contributed by atoms with van der Waals surface area (Å²) in [6.07, 6.45) is -4.37. The third-order valence-electron chi connectivity index (χ3n) is 2.29. The van der Waals surface area contributed by atoms with Crippen molar-refractivity contribution in [3.8, 4) is 5.75 Å². The van der Waals surface area contributed by atoms with Gasteiger partial charge in [0.1, 0.15) is 12.4 Å². The number of anilines is 1. The largest absolute Gasteiger partial charge is 0.495 e. The van der Waals surface area contributed by atoms with E-state index in [9.17, 15) is 18.0 Å². The summed E-state index contributed by atoms with van der Waals surface area (Å²) in [4.78, 5) is 11.7. The van der Waals surface area contributed by atoms with Crippen molar-refractivity contribution in [3.05, 3.63) is 23.8 Å². The second-order valence-corrected chi connectivity index (χ2v) is 3.88. The molecule has 8 heteroatoms. The van der Waals surface area contributed by atoms with Crippen molar-refractivity contribution in [2.24, 2.45) is 0 Å². The summed E-state index contributed by atoms with van der Waals surface area (Å²) in [5.41, 5.74) is 6.23. The van der Waals surface area contributed by atoms with Crippen LogP contribution in [-0.2, 0) is 4.74 Å². The number of carbonyl (C=O) groups is 1. The molecule has 5 nitrogen and oxygen atoms in total. The molecule has 0 aromatic heterocycles. The Bertz CT molecular complexity index is 464. The Morgan fingerprint density at radius 1 is 1.40 bits per heavy atom. The lowest BCUT2D eigenvalue weighted by molar-refractivity contribution is -0.173. The summed E-state index contributed by atoms with van der Waals surface area (Å²) in [6, 6.07) is 4.45. The molecule has 1 aromatic rings. The van der Waals surface area contributed by atoms with E-state index in [2.05, 4.69) is 10.1 Å². The molecule has 0 aliphatic rings. The van der Waals surface area contributed by atoms with Gasteiger partial charge in [0.15, 0.2) is 0 Å². The molecule has 0 saturated heterocycles. The van der Waals surface area contributed by atoms with Crippen molar-refractivity contribution in [2.45, 2.75) is 6.18 Å². The third-order valence-corrected chi connectivity index (χ3v) is 2.29. The zero-order chi connectivity index (χ0) is 15.2. The van der Waals surface area contributed by atoms with Crippen molar-refractivity contribution in [2.75, 3.05) is 32.6 Å². The number of halogens is 3. The standard InChI is InChI=1S/C12H15F3N2O3/c1-19-10-3-2-8(6-9(10)16)11(18)17-4-5-20-7-12(13,14)15/h2-3,6H,4-5,7,16H2,1H3,(H,17,18). The van der Waals surface area contributed by atoms with E-state index < -0.39 is 18.7 Å². The number of carbonyl (C=O) groups excluding carboxylic acids is 1. The van der Waals surface area contributed by atoms with Crippen LogP contribution in [0.4, 0.5) is 18.9 Å². The molecule has 1 amide bonds. The fraction of sp³-hybridized carbons (Fsp3) is 0.417. The maximum atomic E-state index is 11.8. The number of nitrogens with two attached hydrogens (primary N) is 1. The van der Waals surface area contributed by atoms with Gasteiger partial charge in [-0.25, -0.2) is 0 Å². The summed E-state index contributed by atoms with van der Waals surface area (Å²) >= 11 is 0. The first-order chi connectivity index (χ1) is 9.33. The van der Waals surface area contributed by atoms with Crippen LogP contribution in [0.15, 0.2) is 18.2 Å². The van der Waals surface area contributed by atoms with Gasteiger partial charge in [-0.05, 0) is 18.2 Å². The van der Waals surface area contributed by atoms with Crippen molar-refractivity contribution in [1.82, 2.24) is 5.32 Å². The van der Waals surface area contributed by atoms with Gasteiger partial charge in [-0.1, -0.05) is 0 Å². The monoisotopic (exact) mass is 292 g/mol. The van der Waals surface area contributed by atoms with Crippen LogP contribution < -0.4 is 15.8 Å². The van der Waals surface area contributed by atoms with E-state index in [1.807, 2.05) is 0 Å². The van der Waals surface area contributed by atoms with E-state index in [-0.39, 0.29) is 13.2 Å². The normalized spacial score (nSPS) is 11.2. The van der Waals surface area contributed by atoms with Crippen LogP contribution in [-0.4, -0.2) is 39.0 Å². The number of benzene rings is 1. The SMILES string of the molecule is COc1ccc(C(=O)NCCOCC(F)(F)F)cc1N. The van der Waals surface area contributed by atoms with E-state index in [0.29, 0.717) is 17.0 Å². The quantitative estimate of drug-likeness (QED) is 0.617. The summed E-state index contributed by atoms with van der Waals surface area (Å²) in [7, 11) is 1.45. The number of hydrogen-bond donors (Lipinski definition) is 2. The molecule has 3 N–H and O–H groups in total. The summed E-state index contributed by atoms with van der Waals surface area (Å²) in [5, 5.41) is 2.42. The lowest BCUT2D eigenvalue weighted by Gasteiger charge is -2.09. The molecule has 112 valence electrons. The zero-order valence-electron chi connectivity index (χ0n) is 10.8. The zero-order valence-corrected chi connectivity index (χ0v) is 10.8. The van der Waals surface area contributed by atoms with E-state index in [1.54, 1.807) is 0 Å². The van der Waals surface area contributed by atoms with Crippen LogP contribution in [0.5, 0.6) is 5.75 Å². The van der Waals surface area contributed by atoms with Crippen LogP contribution >= 0.6 is 0 Å². The Labute approximate surface area is 113 Å². The highest BCUT2D eigenvalue weighted by molar-refractivity contribution is 5.95. The number of alkyl halides is 3. The molecule has 0 bridgehead atoms. The third kappa shape index (κ3) is 5.35. The second-order valence-electron chi connectivity index (χ2n) is 3.88. The summed E-state index contributed by atoms with van der Waals surface area (Å²) in [6.45, 7) is -1.59. The number of amides is 1. The topological polar surface area (TPSA) is 73.6 Å². The van der Waals surface area contributed by atoms with Crippen LogP contribution in [0.2, 0.25) is 0 Å². The summed E-state index contributed by atoms with van der Waals surface area (Å²) < 4.78 is 44.7. The average molecular weight is 292 g/mol. The van der Waals surface area contributed by atoms with E-state index in [1.165, 1.54) is 25.3 Å². The number of hydrogen-bond acceptors (Lipinski definition) is 4. The molecule has 0 radical (unpaired) electrons. The lowest BCUT2D eigenvalue weighted by Crippen LogP contribution is -2.28. The van der Waals surface area contributed by atoms with Gasteiger partial charge in [0.25, 0.3) is 5.91 Å². The molecule has 0 spiro atoms. The van der Waals surface area contributed by atoms with Gasteiger partial charge < -0.3 is 20.5 Å². The van der Waals surface area contributed by atoms with Gasteiger partial charge in [-0.15, -0.1) is 0 Å². The Balaban J connectivity index is 2.38. The first-order valence-corrected chi connectivity index (χ1v) is 5.69. The fourth-order valence-corrected chi connectivity index (χ4v) is 1.40. The van der Waals surface area contributed by atoms with E-state index in [0.717, 1.165) is 0 Å². The molecule has 1 rings (SSSR count). The molecular weight excluding hydrogens is 277 g/mol. The Hall–Kier alpha value is -1.96. The minimum atomic E-state index is -4.37. The van der Waals surface area contributed by atoms with Gasteiger partial charge in [0.2, 0.25) is 0 Å². The molecule has 1 aromatic carbocycles. The molecular formula is C12H15F3N2O3. The molecule has 0 atom stereocenters. The molecule has 0 aliphatic carbocycles. The molecule has 20 heavy (non-hydrogen) atoms. The fourth-order valence-electron chi connectivity index (χ4n) is 1.40. The van der Waals surface area contributed by atoms with Crippen LogP contribution in [0, 0.1) is 0 Å². The minimum Gasteiger partial charge on any atom is -0.495 e. The molecule has 0 aliphatic heterocycles. The number of rotatable bonds is 6. The van der Waals surface area contributed by atoms with Gasteiger partial charge in [-0.3, -0.25) is 4.79 Å². The van der Waals surface area contributed by atoms with Crippen molar-refractivity contribution in [3.63, 3.8) is 0 Å². The first kappa shape index (κ1) is 16.1. The van der Waals surface area contributed by atoms with Gasteiger partial charge in [0.05, 0.1) is 19.4 Å². The van der Waals surface area contributed by atoms with Crippen LogP contribution in [0.1, 0.15) is 10.4 Å². The highest BCUT2D eigenvalue weighted by Gasteiger charge is 2.27. The maximum Gasteiger partial charge on any atom is 0.411 e.